The van der Waals surface area contributed by atoms with E-state index >= 15 is 0 Å². The average molecular weight is 260 g/mol. The lowest BCUT2D eigenvalue weighted by Gasteiger charge is -2.56. The summed E-state index contributed by atoms with van der Waals surface area (Å²) in [6.07, 6.45) is 10.5. The van der Waals surface area contributed by atoms with Crippen molar-refractivity contribution in [1.82, 2.24) is 5.43 Å². The Morgan fingerprint density at radius 1 is 1.05 bits per heavy atom. The second-order valence-corrected chi connectivity index (χ2v) is 7.65. The Hall–Kier alpha value is -0.860. The van der Waals surface area contributed by atoms with Gasteiger partial charge in [-0.25, -0.2) is 5.43 Å². The Kier molecular flexibility index (Phi) is 2.55. The second-order valence-electron chi connectivity index (χ2n) is 7.65. The van der Waals surface area contributed by atoms with Gasteiger partial charge in [-0.3, -0.25) is 4.79 Å². The van der Waals surface area contributed by atoms with Crippen LogP contribution in [0.2, 0.25) is 0 Å². The minimum Gasteiger partial charge on any atom is -0.273 e. The molecule has 5 rings (SSSR count). The number of nitrogens with one attached hydrogen (secondary N) is 1. The van der Waals surface area contributed by atoms with E-state index in [0.717, 1.165) is 30.6 Å². The molecule has 0 spiro atoms. The monoisotopic (exact) mass is 260 g/mol. The van der Waals surface area contributed by atoms with Crippen LogP contribution in [0.5, 0.6) is 0 Å². The Morgan fingerprint density at radius 2 is 1.58 bits per heavy atom. The molecule has 1 amide bonds. The van der Waals surface area contributed by atoms with Crippen molar-refractivity contribution < 1.29 is 4.79 Å². The van der Waals surface area contributed by atoms with Crippen molar-refractivity contribution in [2.24, 2.45) is 34.2 Å². The summed E-state index contributed by atoms with van der Waals surface area (Å²) in [5, 5.41) is 4.49. The van der Waals surface area contributed by atoms with Gasteiger partial charge in [-0.15, -0.1) is 0 Å². The SMILES string of the molecule is CC(=NNC(=O)C1CC1)C12CC3CC(CC(C3)C1)C2. The molecule has 5 fully saturated rings. The first-order valence-electron chi connectivity index (χ1n) is 7.99. The van der Waals surface area contributed by atoms with Gasteiger partial charge < -0.3 is 0 Å². The zero-order valence-electron chi connectivity index (χ0n) is 11.8. The van der Waals surface area contributed by atoms with Crippen molar-refractivity contribution in [1.29, 1.82) is 0 Å². The number of carbonyl (C=O) groups excluding carboxylic acids is 1. The van der Waals surface area contributed by atoms with Crippen LogP contribution in [0.4, 0.5) is 0 Å². The number of hydrogen-bond acceptors (Lipinski definition) is 2. The lowest BCUT2D eigenvalue weighted by Crippen LogP contribution is -2.49. The van der Waals surface area contributed by atoms with Crippen molar-refractivity contribution >= 4 is 11.6 Å². The molecule has 5 saturated carbocycles. The molecule has 0 saturated heterocycles. The van der Waals surface area contributed by atoms with Crippen LogP contribution in [0, 0.1) is 29.1 Å². The molecule has 3 nitrogen and oxygen atoms in total. The molecular formula is C16H24N2O. The summed E-state index contributed by atoms with van der Waals surface area (Å²) in [7, 11) is 0. The lowest BCUT2D eigenvalue weighted by molar-refractivity contribution is -0.122. The maximum Gasteiger partial charge on any atom is 0.243 e. The first-order chi connectivity index (χ1) is 9.14. The van der Waals surface area contributed by atoms with Crippen LogP contribution < -0.4 is 5.43 Å². The lowest BCUT2D eigenvalue weighted by atomic mass is 9.48. The summed E-state index contributed by atoms with van der Waals surface area (Å²) < 4.78 is 0. The summed E-state index contributed by atoms with van der Waals surface area (Å²) in [6.45, 7) is 2.15. The summed E-state index contributed by atoms with van der Waals surface area (Å²) in [5.41, 5.74) is 4.37. The molecule has 5 aliphatic rings. The maximum atomic E-state index is 11.7. The molecule has 0 unspecified atom stereocenters. The van der Waals surface area contributed by atoms with E-state index in [9.17, 15) is 4.79 Å². The molecular weight excluding hydrogens is 236 g/mol. The highest BCUT2D eigenvalue weighted by molar-refractivity contribution is 5.90. The predicted molar refractivity (Wildman–Crippen MR) is 74.6 cm³/mol. The van der Waals surface area contributed by atoms with Gasteiger partial charge in [-0.05, 0) is 76.0 Å². The zero-order chi connectivity index (χ0) is 13.0. The number of carbonyl (C=O) groups is 1. The molecule has 104 valence electrons. The molecule has 0 aromatic heterocycles. The van der Waals surface area contributed by atoms with Gasteiger partial charge >= 0.3 is 0 Å². The van der Waals surface area contributed by atoms with Crippen LogP contribution in [0.3, 0.4) is 0 Å². The van der Waals surface area contributed by atoms with Gasteiger partial charge in [0.2, 0.25) is 5.91 Å². The van der Waals surface area contributed by atoms with Crippen LogP contribution in [0.15, 0.2) is 5.10 Å². The van der Waals surface area contributed by atoms with Crippen molar-refractivity contribution in [3.8, 4) is 0 Å². The van der Waals surface area contributed by atoms with Crippen LogP contribution in [0.1, 0.15) is 58.3 Å². The average Bonchev–Trinajstić information content (AvgIpc) is 3.18. The van der Waals surface area contributed by atoms with Gasteiger partial charge in [0.15, 0.2) is 0 Å². The maximum absolute atomic E-state index is 11.7. The van der Waals surface area contributed by atoms with Gasteiger partial charge in [0.1, 0.15) is 0 Å². The van der Waals surface area contributed by atoms with Gasteiger partial charge in [-0.2, -0.15) is 5.10 Å². The van der Waals surface area contributed by atoms with E-state index in [1.54, 1.807) is 0 Å². The molecule has 4 bridgehead atoms. The summed E-state index contributed by atoms with van der Waals surface area (Å²) in [4.78, 5) is 11.7. The largest absolute Gasteiger partial charge is 0.273 e. The smallest absolute Gasteiger partial charge is 0.243 e. The van der Waals surface area contributed by atoms with Crippen LogP contribution in [-0.4, -0.2) is 11.6 Å². The van der Waals surface area contributed by atoms with Gasteiger partial charge in [-0.1, -0.05) is 0 Å². The molecule has 0 atom stereocenters. The summed E-state index contributed by atoms with van der Waals surface area (Å²) >= 11 is 0. The number of nitrogens with zero attached hydrogens (tertiary/aromatic N) is 1. The second kappa shape index (κ2) is 4.07. The van der Waals surface area contributed by atoms with E-state index in [4.69, 9.17) is 0 Å². The van der Waals surface area contributed by atoms with E-state index in [1.165, 1.54) is 44.2 Å². The Bertz CT molecular complexity index is 401. The highest BCUT2D eigenvalue weighted by Crippen LogP contribution is 2.60. The minimum atomic E-state index is 0.143. The van der Waals surface area contributed by atoms with Gasteiger partial charge in [0.05, 0.1) is 0 Å². The fraction of sp³-hybridized carbons (Fsp3) is 0.875. The first kappa shape index (κ1) is 11.9. The van der Waals surface area contributed by atoms with Gasteiger partial charge in [0, 0.05) is 17.0 Å². The number of hydrogen-bond donors (Lipinski definition) is 1. The van der Waals surface area contributed by atoms with E-state index in [0.29, 0.717) is 5.41 Å². The number of rotatable bonds is 3. The number of amides is 1. The Labute approximate surface area is 115 Å². The van der Waals surface area contributed by atoms with Crippen molar-refractivity contribution in [3.05, 3.63) is 0 Å². The van der Waals surface area contributed by atoms with Gasteiger partial charge in [0.25, 0.3) is 0 Å². The van der Waals surface area contributed by atoms with Crippen LogP contribution in [0.25, 0.3) is 0 Å². The Morgan fingerprint density at radius 3 is 2.05 bits per heavy atom. The fourth-order valence-corrected chi connectivity index (χ4v) is 5.25. The van der Waals surface area contributed by atoms with Crippen molar-refractivity contribution in [2.45, 2.75) is 58.3 Å². The normalized spacial score (nSPS) is 44.5. The van der Waals surface area contributed by atoms with Crippen molar-refractivity contribution in [2.75, 3.05) is 0 Å². The van der Waals surface area contributed by atoms with E-state index in [1.807, 2.05) is 0 Å². The van der Waals surface area contributed by atoms with Crippen LogP contribution in [-0.2, 0) is 4.79 Å². The fourth-order valence-electron chi connectivity index (χ4n) is 5.25. The molecule has 0 aromatic rings. The summed E-state index contributed by atoms with van der Waals surface area (Å²) in [6, 6.07) is 0. The molecule has 3 heteroatoms. The Balaban J connectivity index is 1.50. The molecule has 0 aromatic carbocycles. The predicted octanol–water partition coefficient (Wildman–Crippen LogP) is 3.10. The number of hydrazone groups is 1. The molecule has 0 radical (unpaired) electrons. The summed E-state index contributed by atoms with van der Waals surface area (Å²) in [5.74, 6) is 3.22. The van der Waals surface area contributed by atoms with E-state index in [-0.39, 0.29) is 11.8 Å². The first-order valence-corrected chi connectivity index (χ1v) is 7.99. The molecule has 5 aliphatic carbocycles. The third-order valence-corrected chi connectivity index (χ3v) is 6.09. The third-order valence-electron chi connectivity index (χ3n) is 6.09. The van der Waals surface area contributed by atoms with Crippen LogP contribution >= 0.6 is 0 Å². The zero-order valence-corrected chi connectivity index (χ0v) is 11.8. The standard InChI is InChI=1S/C16H24N2O/c1-10(17-18-15(19)14-2-3-14)16-7-11-4-12(8-16)6-13(5-11)9-16/h11-14H,2-9H2,1H3,(H,18,19). The highest BCUT2D eigenvalue weighted by atomic mass is 16.2. The molecule has 1 N–H and O–H groups in total. The molecule has 0 heterocycles. The molecule has 19 heavy (non-hydrogen) atoms. The quantitative estimate of drug-likeness (QED) is 0.615. The molecule has 0 aliphatic heterocycles. The van der Waals surface area contributed by atoms with Crippen molar-refractivity contribution in [3.63, 3.8) is 0 Å². The minimum absolute atomic E-state index is 0.143. The third kappa shape index (κ3) is 2.02. The highest BCUT2D eigenvalue weighted by Gasteiger charge is 2.52. The topological polar surface area (TPSA) is 41.5 Å². The van der Waals surface area contributed by atoms with E-state index in [2.05, 4.69) is 17.5 Å². The van der Waals surface area contributed by atoms with E-state index < -0.39 is 0 Å².